The van der Waals surface area contributed by atoms with E-state index in [-0.39, 0.29) is 0 Å². The summed E-state index contributed by atoms with van der Waals surface area (Å²) >= 11 is 12.4. The first-order valence-corrected chi connectivity index (χ1v) is 14.6. The van der Waals surface area contributed by atoms with Gasteiger partial charge in [0.2, 0.25) is 0 Å². The Morgan fingerprint density at radius 2 is 1.65 bits per heavy atom. The van der Waals surface area contributed by atoms with Gasteiger partial charge in [-0.1, -0.05) is 29.3 Å². The third-order valence-corrected chi connectivity index (χ3v) is 8.25. The molecule has 2 aliphatic rings. The molecule has 0 saturated heterocycles. The summed E-state index contributed by atoms with van der Waals surface area (Å²) < 4.78 is 3.41. The highest BCUT2D eigenvalue weighted by molar-refractivity contribution is 6.33. The van der Waals surface area contributed by atoms with Crippen molar-refractivity contribution in [1.29, 1.82) is 0 Å². The van der Waals surface area contributed by atoms with Crippen LogP contribution >= 0.6 is 23.2 Å². The standard InChI is InChI=1S/C18H15ClN6O.C12H12ClN3O/c1-10-16(23-15-6-5-13(20-2)7-14(15)19)24-18-11(9-26)8-21-25(18)17(10)22-12-3-4-12;1-7-10(4-8-2-3-8)16-12(15-11(7)13)9(6-17)5-14-16/h5-9,12,22H,3-4H2,1H3,(H,23,24);5-6,8H,2-4H2,1H3. The second kappa shape index (κ2) is 11.6. The number of carbonyl (C=O) groups is 2. The molecule has 4 aromatic heterocycles. The molecule has 13 heteroatoms. The van der Waals surface area contributed by atoms with Crippen molar-refractivity contribution in [3.8, 4) is 0 Å². The zero-order valence-electron chi connectivity index (χ0n) is 23.4. The van der Waals surface area contributed by atoms with Crippen molar-refractivity contribution < 1.29 is 9.59 Å². The van der Waals surface area contributed by atoms with Crippen LogP contribution in [0.5, 0.6) is 0 Å². The minimum absolute atomic E-state index is 0.414. The number of rotatable bonds is 8. The van der Waals surface area contributed by atoms with E-state index >= 15 is 0 Å². The average Bonchev–Trinajstić information content (AvgIpc) is 3.93. The molecule has 43 heavy (non-hydrogen) atoms. The van der Waals surface area contributed by atoms with E-state index in [9.17, 15) is 9.59 Å². The largest absolute Gasteiger partial charge is 0.367 e. The Bertz CT molecular complexity index is 1930. The van der Waals surface area contributed by atoms with Crippen LogP contribution < -0.4 is 10.6 Å². The van der Waals surface area contributed by atoms with Crippen LogP contribution in [-0.4, -0.2) is 47.8 Å². The zero-order valence-corrected chi connectivity index (χ0v) is 24.9. The molecule has 1 aromatic carbocycles. The molecule has 0 aliphatic heterocycles. The average molecular weight is 617 g/mol. The van der Waals surface area contributed by atoms with E-state index in [1.807, 2.05) is 13.8 Å². The van der Waals surface area contributed by atoms with Gasteiger partial charge in [-0.3, -0.25) is 9.59 Å². The topological polar surface area (TPSA) is 123 Å². The van der Waals surface area contributed by atoms with Crippen LogP contribution in [0.1, 0.15) is 63.2 Å². The Kier molecular flexibility index (Phi) is 7.73. The predicted molar refractivity (Wildman–Crippen MR) is 165 cm³/mol. The summed E-state index contributed by atoms with van der Waals surface area (Å²) in [6.07, 6.45) is 10.3. The first-order chi connectivity index (χ1) is 20.8. The Balaban J connectivity index is 0.000000167. The molecule has 0 bridgehead atoms. The first kappa shape index (κ1) is 28.6. The van der Waals surface area contributed by atoms with Gasteiger partial charge in [-0.2, -0.15) is 14.7 Å². The van der Waals surface area contributed by atoms with Gasteiger partial charge in [0.1, 0.15) is 16.8 Å². The van der Waals surface area contributed by atoms with Crippen LogP contribution in [0, 0.1) is 26.3 Å². The van der Waals surface area contributed by atoms with Crippen molar-refractivity contribution in [3.63, 3.8) is 0 Å². The molecular weight excluding hydrogens is 589 g/mol. The molecule has 0 atom stereocenters. The highest BCUT2D eigenvalue weighted by Gasteiger charge is 2.26. The minimum Gasteiger partial charge on any atom is -0.367 e. The third-order valence-electron chi connectivity index (χ3n) is 7.57. The lowest BCUT2D eigenvalue weighted by molar-refractivity contribution is 0.111. The molecule has 2 fully saturated rings. The summed E-state index contributed by atoms with van der Waals surface area (Å²) in [5, 5.41) is 16.1. The number of aldehydes is 2. The fourth-order valence-corrected chi connectivity index (χ4v) is 5.14. The molecule has 5 aromatic rings. The number of fused-ring (bicyclic) bond motifs is 2. The van der Waals surface area contributed by atoms with E-state index in [1.54, 1.807) is 33.4 Å². The molecule has 0 amide bonds. The van der Waals surface area contributed by atoms with E-state index in [2.05, 4.69) is 35.6 Å². The van der Waals surface area contributed by atoms with Gasteiger partial charge in [-0.05, 0) is 64.0 Å². The maximum Gasteiger partial charge on any atom is 0.188 e. The van der Waals surface area contributed by atoms with E-state index in [0.29, 0.717) is 55.8 Å². The molecule has 0 unspecified atom stereocenters. The van der Waals surface area contributed by atoms with Crippen molar-refractivity contribution in [2.75, 3.05) is 10.6 Å². The fraction of sp³-hybridized carbons (Fsp3) is 0.300. The molecule has 7 rings (SSSR count). The fourth-order valence-electron chi connectivity index (χ4n) is 4.73. The second-order valence-corrected chi connectivity index (χ2v) is 11.5. The number of carbonyl (C=O) groups excluding carboxylic acids is 2. The van der Waals surface area contributed by atoms with Crippen molar-refractivity contribution >= 4 is 70.1 Å². The monoisotopic (exact) mass is 615 g/mol. The zero-order chi connectivity index (χ0) is 30.2. The summed E-state index contributed by atoms with van der Waals surface area (Å²) in [6.45, 7) is 11.0. The summed E-state index contributed by atoms with van der Waals surface area (Å²) in [5.41, 5.74) is 5.97. The molecule has 0 spiro atoms. The van der Waals surface area contributed by atoms with Gasteiger partial charge in [0, 0.05) is 17.2 Å². The van der Waals surface area contributed by atoms with Gasteiger partial charge in [0.25, 0.3) is 0 Å². The second-order valence-electron chi connectivity index (χ2n) is 10.8. The summed E-state index contributed by atoms with van der Waals surface area (Å²) in [7, 11) is 0. The molecule has 2 N–H and O–H groups in total. The van der Waals surface area contributed by atoms with Crippen molar-refractivity contribution in [2.24, 2.45) is 5.92 Å². The summed E-state index contributed by atoms with van der Waals surface area (Å²) in [4.78, 5) is 34.4. The first-order valence-electron chi connectivity index (χ1n) is 13.8. The maximum absolute atomic E-state index is 11.3. The lowest BCUT2D eigenvalue weighted by atomic mass is 10.1. The van der Waals surface area contributed by atoms with Crippen LogP contribution in [0.3, 0.4) is 0 Å². The number of hydrogen-bond acceptors (Lipinski definition) is 8. The van der Waals surface area contributed by atoms with Crippen LogP contribution in [0.4, 0.5) is 23.0 Å². The highest BCUT2D eigenvalue weighted by Crippen LogP contribution is 2.35. The van der Waals surface area contributed by atoms with Gasteiger partial charge in [0.05, 0.1) is 46.5 Å². The maximum atomic E-state index is 11.3. The van der Waals surface area contributed by atoms with Gasteiger partial charge < -0.3 is 10.6 Å². The van der Waals surface area contributed by atoms with Crippen molar-refractivity contribution in [1.82, 2.24) is 29.2 Å². The quantitative estimate of drug-likeness (QED) is 0.111. The Morgan fingerprint density at radius 1 is 0.977 bits per heavy atom. The van der Waals surface area contributed by atoms with Gasteiger partial charge in [0.15, 0.2) is 29.6 Å². The van der Waals surface area contributed by atoms with E-state index in [4.69, 9.17) is 29.8 Å². The number of hydrogen-bond donors (Lipinski definition) is 2. The number of nitrogens with zero attached hydrogens (tertiary/aromatic N) is 7. The number of benzene rings is 1. The van der Waals surface area contributed by atoms with Crippen LogP contribution in [-0.2, 0) is 6.42 Å². The Hall–Kier alpha value is -4.53. The molecule has 2 aliphatic carbocycles. The lowest BCUT2D eigenvalue weighted by Crippen LogP contribution is -2.12. The molecule has 2 saturated carbocycles. The van der Waals surface area contributed by atoms with E-state index in [0.717, 1.165) is 60.4 Å². The third kappa shape index (κ3) is 5.76. The summed E-state index contributed by atoms with van der Waals surface area (Å²) in [5.74, 6) is 2.13. The molecule has 218 valence electrons. The highest BCUT2D eigenvalue weighted by atomic mass is 35.5. The van der Waals surface area contributed by atoms with Gasteiger partial charge in [-0.15, -0.1) is 0 Å². The normalized spacial score (nSPS) is 14.2. The molecular formula is C30H27Cl2N9O2. The van der Waals surface area contributed by atoms with Gasteiger partial charge in [-0.25, -0.2) is 19.3 Å². The summed E-state index contributed by atoms with van der Waals surface area (Å²) in [6, 6.07) is 5.45. The minimum atomic E-state index is 0.414. The van der Waals surface area contributed by atoms with Crippen molar-refractivity contribution in [2.45, 2.75) is 52.0 Å². The SMILES string of the molecule is Cc1c(Cl)nc2c(C=O)cnn2c1CC1CC1.[C-]#[N+]c1ccc(Nc2nc3c(C=O)cnn3c(NC3CC3)c2C)c(Cl)c1. The van der Waals surface area contributed by atoms with Crippen LogP contribution in [0.2, 0.25) is 10.2 Å². The molecule has 0 radical (unpaired) electrons. The van der Waals surface area contributed by atoms with Crippen LogP contribution in [0.15, 0.2) is 30.6 Å². The van der Waals surface area contributed by atoms with Crippen LogP contribution in [0.25, 0.3) is 16.1 Å². The number of aromatic nitrogens is 6. The molecule has 11 nitrogen and oxygen atoms in total. The number of nitrogens with one attached hydrogen (secondary N) is 2. The Morgan fingerprint density at radius 3 is 2.26 bits per heavy atom. The van der Waals surface area contributed by atoms with E-state index in [1.165, 1.54) is 19.0 Å². The lowest BCUT2D eigenvalue weighted by Gasteiger charge is -2.16. The number of anilines is 3. The van der Waals surface area contributed by atoms with E-state index < -0.39 is 0 Å². The number of halogens is 2. The molecule has 4 heterocycles. The smallest absolute Gasteiger partial charge is 0.188 e. The van der Waals surface area contributed by atoms with Gasteiger partial charge >= 0.3 is 0 Å². The Labute approximate surface area is 257 Å². The predicted octanol–water partition coefficient (Wildman–Crippen LogP) is 6.83. The van der Waals surface area contributed by atoms with Crippen molar-refractivity contribution in [3.05, 3.63) is 80.1 Å².